The maximum atomic E-state index is 14.0. The molecule has 1 amide bonds. The van der Waals surface area contributed by atoms with Gasteiger partial charge in [-0.25, -0.2) is 14.4 Å². The molecule has 6 nitrogen and oxygen atoms in total. The second kappa shape index (κ2) is 7.37. The number of rotatable bonds is 3. The molecule has 0 saturated heterocycles. The van der Waals surface area contributed by atoms with Crippen molar-refractivity contribution < 1.29 is 9.18 Å². The summed E-state index contributed by atoms with van der Waals surface area (Å²) in [5, 5.41) is 3.44. The molecule has 0 aromatic carbocycles. The third-order valence-corrected chi connectivity index (χ3v) is 5.06. The molecule has 3 rings (SSSR count). The lowest BCUT2D eigenvalue weighted by atomic mass is 9.91. The van der Waals surface area contributed by atoms with Crippen molar-refractivity contribution in [1.29, 1.82) is 0 Å². The van der Waals surface area contributed by atoms with Crippen LogP contribution in [0.4, 0.5) is 10.1 Å². The number of nitrogens with zero attached hydrogens (tertiary/aromatic N) is 3. The van der Waals surface area contributed by atoms with Gasteiger partial charge in [0.15, 0.2) is 16.7 Å². The van der Waals surface area contributed by atoms with E-state index in [0.29, 0.717) is 21.8 Å². The van der Waals surface area contributed by atoms with Crippen LogP contribution in [0.1, 0.15) is 42.0 Å². The molecule has 0 unspecified atom stereocenters. The van der Waals surface area contributed by atoms with E-state index in [9.17, 15) is 9.18 Å². The van der Waals surface area contributed by atoms with E-state index in [1.54, 1.807) is 18.3 Å². The van der Waals surface area contributed by atoms with Gasteiger partial charge in [-0.15, -0.1) is 6.42 Å². The van der Waals surface area contributed by atoms with Crippen LogP contribution in [0.5, 0.6) is 0 Å². The Morgan fingerprint density at radius 2 is 2.26 bits per heavy atom. The fourth-order valence-electron chi connectivity index (χ4n) is 2.96. The molecule has 2 aromatic heterocycles. The molecule has 138 valence electrons. The van der Waals surface area contributed by atoms with E-state index >= 15 is 0 Å². The summed E-state index contributed by atoms with van der Waals surface area (Å²) in [6.45, 7) is 4.02. The van der Waals surface area contributed by atoms with E-state index in [2.05, 4.69) is 33.1 Å². The van der Waals surface area contributed by atoms with Gasteiger partial charge >= 0.3 is 0 Å². The number of halogens is 1. The Labute approximate surface area is 160 Å². The summed E-state index contributed by atoms with van der Waals surface area (Å²) in [7, 11) is 0. The first kappa shape index (κ1) is 18.9. The van der Waals surface area contributed by atoms with Gasteiger partial charge in [0.05, 0.1) is 5.69 Å². The topological polar surface area (TPSA) is 93.3 Å². The zero-order chi connectivity index (χ0) is 19.6. The Morgan fingerprint density at radius 1 is 1.48 bits per heavy atom. The SMILES string of the molecule is C#Cc1cnc(C(=O)Nc2ccnc([C@]3(C)C[C@@H](C)SC(N)=N3)c2)c(F)c1. The van der Waals surface area contributed by atoms with Crippen LogP contribution in [-0.2, 0) is 5.54 Å². The predicted octanol–water partition coefficient (Wildman–Crippen LogP) is 2.90. The first-order chi connectivity index (χ1) is 12.8. The smallest absolute Gasteiger partial charge is 0.277 e. The quantitative estimate of drug-likeness (QED) is 0.795. The van der Waals surface area contributed by atoms with Crippen molar-refractivity contribution in [3.8, 4) is 12.3 Å². The summed E-state index contributed by atoms with van der Waals surface area (Å²) in [5.41, 5.74) is 6.41. The number of amides is 1. The first-order valence-electron chi connectivity index (χ1n) is 8.23. The summed E-state index contributed by atoms with van der Waals surface area (Å²) in [6.07, 6.45) is 8.80. The summed E-state index contributed by atoms with van der Waals surface area (Å²) in [4.78, 5) is 25.1. The van der Waals surface area contributed by atoms with E-state index in [0.717, 1.165) is 12.5 Å². The molecular weight excluding hydrogens is 365 g/mol. The minimum Gasteiger partial charge on any atom is -0.379 e. The number of aromatic nitrogens is 2. The molecule has 0 bridgehead atoms. The van der Waals surface area contributed by atoms with Crippen LogP contribution < -0.4 is 11.1 Å². The summed E-state index contributed by atoms with van der Waals surface area (Å²) >= 11 is 1.52. The normalized spacial score (nSPS) is 21.9. The van der Waals surface area contributed by atoms with Crippen LogP contribution in [0.2, 0.25) is 0 Å². The van der Waals surface area contributed by atoms with Gasteiger partial charge in [0.1, 0.15) is 5.54 Å². The van der Waals surface area contributed by atoms with Gasteiger partial charge in [-0.3, -0.25) is 9.78 Å². The molecular formula is C19H18FN5OS. The number of hydrogen-bond donors (Lipinski definition) is 2. The van der Waals surface area contributed by atoms with E-state index in [4.69, 9.17) is 12.2 Å². The molecule has 0 saturated carbocycles. The number of aliphatic imine (C=N–C) groups is 1. The van der Waals surface area contributed by atoms with E-state index in [1.807, 2.05) is 6.92 Å². The molecule has 0 aliphatic carbocycles. The predicted molar refractivity (Wildman–Crippen MR) is 105 cm³/mol. The van der Waals surface area contributed by atoms with Gasteiger partial charge in [-0.1, -0.05) is 24.6 Å². The molecule has 3 N–H and O–H groups in total. The second-order valence-corrected chi connectivity index (χ2v) is 7.90. The Balaban J connectivity index is 1.85. The van der Waals surface area contributed by atoms with Gasteiger partial charge < -0.3 is 11.1 Å². The number of carbonyl (C=O) groups excluding carboxylic acids is 1. The molecule has 8 heteroatoms. The molecule has 0 radical (unpaired) electrons. The van der Waals surface area contributed by atoms with Crippen LogP contribution in [-0.4, -0.2) is 26.3 Å². The zero-order valence-electron chi connectivity index (χ0n) is 14.9. The number of anilines is 1. The largest absolute Gasteiger partial charge is 0.379 e. The molecule has 1 aliphatic heterocycles. The van der Waals surface area contributed by atoms with Gasteiger partial charge in [-0.05, 0) is 31.5 Å². The Morgan fingerprint density at radius 3 is 2.93 bits per heavy atom. The fraction of sp³-hybridized carbons (Fsp3) is 0.263. The Hall–Kier alpha value is -2.92. The molecule has 3 heterocycles. The van der Waals surface area contributed by atoms with Crippen LogP contribution in [0.15, 0.2) is 35.6 Å². The number of pyridine rings is 2. The van der Waals surface area contributed by atoms with E-state index in [1.165, 1.54) is 18.0 Å². The standard InChI is InChI=1S/C19H18FN5OS/c1-4-12-7-14(20)16(23-10-12)17(26)24-13-5-6-22-15(8-13)19(3)9-11(2)27-18(21)25-19/h1,5-8,10-11H,9H2,2-3H3,(H2,21,25)(H,22,24,26)/t11-,19+/m1/s1. The maximum Gasteiger partial charge on any atom is 0.277 e. The van der Waals surface area contributed by atoms with Crippen LogP contribution in [0.25, 0.3) is 0 Å². The summed E-state index contributed by atoms with van der Waals surface area (Å²) in [6, 6.07) is 4.43. The number of terminal acetylenes is 1. The van der Waals surface area contributed by atoms with E-state index < -0.39 is 17.3 Å². The molecule has 27 heavy (non-hydrogen) atoms. The van der Waals surface area contributed by atoms with Crippen LogP contribution in [0, 0.1) is 18.2 Å². The van der Waals surface area contributed by atoms with Crippen LogP contribution in [0.3, 0.4) is 0 Å². The summed E-state index contributed by atoms with van der Waals surface area (Å²) in [5.74, 6) is 0.822. The lowest BCUT2D eigenvalue weighted by molar-refractivity contribution is 0.101. The van der Waals surface area contributed by atoms with Crippen LogP contribution >= 0.6 is 11.8 Å². The lowest BCUT2D eigenvalue weighted by Gasteiger charge is -2.32. The summed E-state index contributed by atoms with van der Waals surface area (Å²) < 4.78 is 14.0. The second-order valence-electron chi connectivity index (χ2n) is 6.44. The first-order valence-corrected chi connectivity index (χ1v) is 9.11. The van der Waals surface area contributed by atoms with Crippen molar-refractivity contribution in [3.05, 3.63) is 53.4 Å². The van der Waals surface area contributed by atoms with Crippen molar-refractivity contribution >= 4 is 28.5 Å². The van der Waals surface area contributed by atoms with Crippen molar-refractivity contribution in [1.82, 2.24) is 9.97 Å². The third kappa shape index (κ3) is 4.09. The van der Waals surface area contributed by atoms with Gasteiger partial charge in [0.25, 0.3) is 5.91 Å². The van der Waals surface area contributed by atoms with Crippen molar-refractivity contribution in [2.75, 3.05) is 5.32 Å². The number of carbonyl (C=O) groups is 1. The lowest BCUT2D eigenvalue weighted by Crippen LogP contribution is -2.33. The van der Waals surface area contributed by atoms with Gasteiger partial charge in [0, 0.05) is 28.9 Å². The molecule has 0 spiro atoms. The Kier molecular flexibility index (Phi) is 5.15. The Bertz CT molecular complexity index is 971. The highest BCUT2D eigenvalue weighted by Gasteiger charge is 2.34. The monoisotopic (exact) mass is 383 g/mol. The van der Waals surface area contributed by atoms with Crippen molar-refractivity contribution in [2.24, 2.45) is 10.7 Å². The minimum absolute atomic E-state index is 0.267. The molecule has 2 aromatic rings. The number of nitrogens with two attached hydrogens (primary N) is 1. The molecule has 0 fully saturated rings. The molecule has 2 atom stereocenters. The van der Waals surface area contributed by atoms with Crippen molar-refractivity contribution in [3.63, 3.8) is 0 Å². The van der Waals surface area contributed by atoms with Crippen molar-refractivity contribution in [2.45, 2.75) is 31.1 Å². The maximum absolute atomic E-state index is 14.0. The zero-order valence-corrected chi connectivity index (χ0v) is 15.7. The number of hydrogen-bond acceptors (Lipinski definition) is 6. The van der Waals surface area contributed by atoms with E-state index in [-0.39, 0.29) is 11.3 Å². The average molecular weight is 383 g/mol. The molecule has 1 aliphatic rings. The minimum atomic E-state index is -0.778. The van der Waals surface area contributed by atoms with Gasteiger partial charge in [0.2, 0.25) is 0 Å². The highest BCUT2D eigenvalue weighted by Crippen LogP contribution is 2.38. The number of thioether (sulfide) groups is 1. The average Bonchev–Trinajstić information content (AvgIpc) is 2.60. The van der Waals surface area contributed by atoms with Gasteiger partial charge in [-0.2, -0.15) is 0 Å². The highest BCUT2D eigenvalue weighted by molar-refractivity contribution is 8.14. The fourth-order valence-corrected chi connectivity index (χ4v) is 4.04. The third-order valence-electron chi connectivity index (χ3n) is 4.16. The number of amidine groups is 1. The number of nitrogens with one attached hydrogen (secondary N) is 1. The highest BCUT2D eigenvalue weighted by atomic mass is 32.2.